The summed E-state index contributed by atoms with van der Waals surface area (Å²) in [5.41, 5.74) is 0.815. The highest BCUT2D eigenvalue weighted by atomic mass is 19.1. The molecule has 0 aliphatic carbocycles. The molecule has 14 heavy (non-hydrogen) atoms. The quantitative estimate of drug-likeness (QED) is 0.694. The maximum atomic E-state index is 12.8. The van der Waals surface area contributed by atoms with Gasteiger partial charge in [0.25, 0.3) is 0 Å². The van der Waals surface area contributed by atoms with E-state index in [1.54, 1.807) is 12.1 Å². The standard InChI is InChI=1S/C11H13FO2/c1-8(6-11(13)14-2)9-4-3-5-10(12)7-9/h3-5,7-8H,6H2,1-2H3/t8-/m1/s1. The van der Waals surface area contributed by atoms with E-state index >= 15 is 0 Å². The molecule has 0 unspecified atom stereocenters. The number of hydrogen-bond acceptors (Lipinski definition) is 2. The summed E-state index contributed by atoms with van der Waals surface area (Å²) in [4.78, 5) is 11.0. The van der Waals surface area contributed by atoms with Gasteiger partial charge in [0.05, 0.1) is 13.5 Å². The monoisotopic (exact) mass is 196 g/mol. The van der Waals surface area contributed by atoms with Crippen molar-refractivity contribution in [1.29, 1.82) is 0 Å². The molecule has 2 nitrogen and oxygen atoms in total. The van der Waals surface area contributed by atoms with Crippen LogP contribution in [0.15, 0.2) is 24.3 Å². The molecule has 0 N–H and O–H groups in total. The number of halogens is 1. The minimum atomic E-state index is -0.279. The molecule has 1 atom stereocenters. The Kier molecular flexibility index (Phi) is 3.63. The summed E-state index contributed by atoms with van der Waals surface area (Å²) >= 11 is 0. The van der Waals surface area contributed by atoms with Gasteiger partial charge in [-0.05, 0) is 23.6 Å². The van der Waals surface area contributed by atoms with Gasteiger partial charge in [0.15, 0.2) is 0 Å². The lowest BCUT2D eigenvalue weighted by Gasteiger charge is -2.09. The molecule has 0 saturated heterocycles. The first-order chi connectivity index (χ1) is 6.63. The van der Waals surface area contributed by atoms with E-state index in [1.165, 1.54) is 19.2 Å². The van der Waals surface area contributed by atoms with Crippen LogP contribution in [0.4, 0.5) is 4.39 Å². The lowest BCUT2D eigenvalue weighted by Crippen LogP contribution is -2.06. The highest BCUT2D eigenvalue weighted by molar-refractivity contribution is 5.70. The Morgan fingerprint density at radius 3 is 2.86 bits per heavy atom. The molecule has 0 fully saturated rings. The van der Waals surface area contributed by atoms with Crippen LogP contribution >= 0.6 is 0 Å². The van der Waals surface area contributed by atoms with Crippen molar-refractivity contribution in [3.05, 3.63) is 35.6 Å². The van der Waals surface area contributed by atoms with Crippen molar-refractivity contribution in [2.24, 2.45) is 0 Å². The number of carbonyl (C=O) groups excluding carboxylic acids is 1. The smallest absolute Gasteiger partial charge is 0.306 e. The average molecular weight is 196 g/mol. The topological polar surface area (TPSA) is 26.3 Å². The number of benzene rings is 1. The van der Waals surface area contributed by atoms with Crippen molar-refractivity contribution in [2.75, 3.05) is 7.11 Å². The van der Waals surface area contributed by atoms with E-state index < -0.39 is 0 Å². The maximum absolute atomic E-state index is 12.8. The highest BCUT2D eigenvalue weighted by Crippen LogP contribution is 2.19. The molecule has 0 radical (unpaired) electrons. The van der Waals surface area contributed by atoms with Crippen molar-refractivity contribution in [2.45, 2.75) is 19.3 Å². The van der Waals surface area contributed by atoms with E-state index in [9.17, 15) is 9.18 Å². The third-order valence-corrected chi connectivity index (χ3v) is 2.12. The summed E-state index contributed by atoms with van der Waals surface area (Å²) in [5.74, 6) is -0.570. The van der Waals surface area contributed by atoms with Crippen LogP contribution in [0.1, 0.15) is 24.8 Å². The van der Waals surface area contributed by atoms with Crippen LogP contribution in [0.25, 0.3) is 0 Å². The summed E-state index contributed by atoms with van der Waals surface area (Å²) in [7, 11) is 1.35. The minimum Gasteiger partial charge on any atom is -0.469 e. The number of methoxy groups -OCH3 is 1. The zero-order valence-corrected chi connectivity index (χ0v) is 8.29. The van der Waals surface area contributed by atoms with E-state index in [0.29, 0.717) is 0 Å². The molecule has 0 aliphatic rings. The summed E-state index contributed by atoms with van der Waals surface area (Å²) < 4.78 is 17.4. The van der Waals surface area contributed by atoms with Gasteiger partial charge in [-0.25, -0.2) is 4.39 Å². The van der Waals surface area contributed by atoms with Crippen LogP contribution in [0.2, 0.25) is 0 Å². The maximum Gasteiger partial charge on any atom is 0.306 e. The molecule has 1 rings (SSSR count). The van der Waals surface area contributed by atoms with Gasteiger partial charge < -0.3 is 4.74 Å². The molecule has 76 valence electrons. The SMILES string of the molecule is COC(=O)C[C@@H](C)c1cccc(F)c1. The fourth-order valence-electron chi connectivity index (χ4n) is 1.26. The second kappa shape index (κ2) is 4.74. The number of esters is 1. The van der Waals surface area contributed by atoms with Crippen LogP contribution in [0.5, 0.6) is 0 Å². The van der Waals surface area contributed by atoms with E-state index in [4.69, 9.17) is 0 Å². The van der Waals surface area contributed by atoms with E-state index in [0.717, 1.165) is 5.56 Å². The third-order valence-electron chi connectivity index (χ3n) is 2.12. The summed E-state index contributed by atoms with van der Waals surface area (Å²) in [6, 6.07) is 6.26. The number of ether oxygens (including phenoxy) is 1. The second-order valence-electron chi connectivity index (χ2n) is 3.24. The van der Waals surface area contributed by atoms with Crippen LogP contribution in [0.3, 0.4) is 0 Å². The summed E-state index contributed by atoms with van der Waals surface area (Å²) in [6.45, 7) is 1.87. The number of carbonyl (C=O) groups is 1. The van der Waals surface area contributed by atoms with E-state index in [2.05, 4.69) is 4.74 Å². The van der Waals surface area contributed by atoms with Gasteiger partial charge in [0.1, 0.15) is 5.82 Å². The largest absolute Gasteiger partial charge is 0.469 e. The Labute approximate surface area is 82.7 Å². The van der Waals surface area contributed by atoms with Gasteiger partial charge in [-0.1, -0.05) is 19.1 Å². The summed E-state index contributed by atoms with van der Waals surface area (Å²) in [6.07, 6.45) is 0.278. The molecule has 0 saturated carbocycles. The Hall–Kier alpha value is -1.38. The van der Waals surface area contributed by atoms with Crippen molar-refractivity contribution >= 4 is 5.97 Å². The molecule has 0 bridgehead atoms. The minimum absolute atomic E-state index is 0.0156. The van der Waals surface area contributed by atoms with Gasteiger partial charge in [-0.3, -0.25) is 4.79 Å². The summed E-state index contributed by atoms with van der Waals surface area (Å²) in [5, 5.41) is 0. The van der Waals surface area contributed by atoms with Crippen LogP contribution in [-0.4, -0.2) is 13.1 Å². The lowest BCUT2D eigenvalue weighted by atomic mass is 9.98. The van der Waals surface area contributed by atoms with E-state index in [-0.39, 0.29) is 24.1 Å². The van der Waals surface area contributed by atoms with E-state index in [1.807, 2.05) is 6.92 Å². The number of rotatable bonds is 3. The van der Waals surface area contributed by atoms with Crippen molar-refractivity contribution in [1.82, 2.24) is 0 Å². The Bertz CT molecular complexity index is 323. The normalized spacial score (nSPS) is 12.2. The molecule has 0 amide bonds. The van der Waals surface area contributed by atoms with Gasteiger partial charge in [-0.15, -0.1) is 0 Å². The fraction of sp³-hybridized carbons (Fsp3) is 0.364. The first-order valence-electron chi connectivity index (χ1n) is 4.45. The molecule has 3 heteroatoms. The van der Waals surface area contributed by atoms with Gasteiger partial charge in [0.2, 0.25) is 0 Å². The first kappa shape index (κ1) is 10.7. The molecule has 1 aromatic rings. The molecular weight excluding hydrogens is 183 g/mol. The van der Waals surface area contributed by atoms with Crippen LogP contribution < -0.4 is 0 Å². The lowest BCUT2D eigenvalue weighted by molar-refractivity contribution is -0.140. The Morgan fingerprint density at radius 1 is 1.57 bits per heavy atom. The third kappa shape index (κ3) is 2.83. The predicted octanol–water partition coefficient (Wildman–Crippen LogP) is 2.49. The molecular formula is C11H13FO2. The van der Waals surface area contributed by atoms with Gasteiger partial charge in [0, 0.05) is 0 Å². The van der Waals surface area contributed by atoms with Gasteiger partial charge >= 0.3 is 5.97 Å². The van der Waals surface area contributed by atoms with Crippen molar-refractivity contribution in [3.63, 3.8) is 0 Å². The van der Waals surface area contributed by atoms with Gasteiger partial charge in [-0.2, -0.15) is 0 Å². The first-order valence-corrected chi connectivity index (χ1v) is 4.45. The predicted molar refractivity (Wildman–Crippen MR) is 51.4 cm³/mol. The Morgan fingerprint density at radius 2 is 2.29 bits per heavy atom. The molecule has 0 aromatic heterocycles. The van der Waals surface area contributed by atoms with Crippen molar-refractivity contribution in [3.8, 4) is 0 Å². The zero-order chi connectivity index (χ0) is 10.6. The van der Waals surface area contributed by atoms with Crippen LogP contribution in [0, 0.1) is 5.82 Å². The molecule has 0 heterocycles. The second-order valence-corrected chi connectivity index (χ2v) is 3.24. The molecule has 0 spiro atoms. The highest BCUT2D eigenvalue weighted by Gasteiger charge is 2.11. The van der Waals surface area contributed by atoms with Crippen LogP contribution in [-0.2, 0) is 9.53 Å². The molecule has 1 aromatic carbocycles. The molecule has 0 aliphatic heterocycles. The number of hydrogen-bond donors (Lipinski definition) is 0. The zero-order valence-electron chi connectivity index (χ0n) is 8.29. The average Bonchev–Trinajstić information content (AvgIpc) is 2.17. The van der Waals surface area contributed by atoms with Crippen molar-refractivity contribution < 1.29 is 13.9 Å². The Balaban J connectivity index is 2.69. The fourth-order valence-corrected chi connectivity index (χ4v) is 1.26.